The average Bonchev–Trinajstić information content (AvgIpc) is 3.52. The molecule has 182 valence electrons. The van der Waals surface area contributed by atoms with E-state index in [0.29, 0.717) is 54.4 Å². The summed E-state index contributed by atoms with van der Waals surface area (Å²) in [6.45, 7) is 5.05. The zero-order chi connectivity index (χ0) is 24.9. The minimum atomic E-state index is -2.31. The van der Waals surface area contributed by atoms with Crippen LogP contribution in [0.15, 0.2) is 66.5 Å². The molecule has 0 saturated carbocycles. The Labute approximate surface area is 207 Å². The van der Waals surface area contributed by atoms with Crippen molar-refractivity contribution in [3.05, 3.63) is 77.8 Å². The van der Waals surface area contributed by atoms with Crippen LogP contribution in [0.1, 0.15) is 12.1 Å². The molecule has 0 amide bonds. The third-order valence-corrected chi connectivity index (χ3v) is 8.10. The van der Waals surface area contributed by atoms with Gasteiger partial charge in [0.15, 0.2) is 5.82 Å². The van der Waals surface area contributed by atoms with Crippen molar-refractivity contribution in [1.82, 2.24) is 34.8 Å². The van der Waals surface area contributed by atoms with Gasteiger partial charge in [-0.3, -0.25) is 13.8 Å². The highest BCUT2D eigenvalue weighted by molar-refractivity contribution is 7.74. The van der Waals surface area contributed by atoms with Crippen LogP contribution in [0.4, 0.5) is 0 Å². The number of pyridine rings is 2. The average molecular weight is 501 g/mol. The molecule has 0 spiro atoms. The van der Waals surface area contributed by atoms with E-state index in [-0.39, 0.29) is 5.56 Å². The van der Waals surface area contributed by atoms with Crippen LogP contribution in [-0.2, 0) is 21.9 Å². The number of thiol groups is 1. The van der Waals surface area contributed by atoms with Gasteiger partial charge in [0, 0.05) is 76.9 Å². The Hall–Kier alpha value is -4.09. The quantitative estimate of drug-likeness (QED) is 0.172. The van der Waals surface area contributed by atoms with Crippen LogP contribution in [0, 0.1) is 4.78 Å². The van der Waals surface area contributed by atoms with Gasteiger partial charge in [0.05, 0.1) is 11.4 Å². The summed E-state index contributed by atoms with van der Waals surface area (Å²) in [7, 11) is -2.31. The maximum Gasteiger partial charge on any atom is 0.274 e. The summed E-state index contributed by atoms with van der Waals surface area (Å²) in [4.78, 5) is 33.4. The van der Waals surface area contributed by atoms with Gasteiger partial charge < -0.3 is 19.9 Å². The first-order chi connectivity index (χ1) is 17.5. The fraction of sp³-hybridized carbons (Fsp3) is 0.200. The summed E-state index contributed by atoms with van der Waals surface area (Å²) in [6, 6.07) is 7.43. The lowest BCUT2D eigenvalue weighted by molar-refractivity contribution is 0.385. The van der Waals surface area contributed by atoms with Gasteiger partial charge in [-0.1, -0.05) is 6.08 Å². The van der Waals surface area contributed by atoms with E-state index in [1.807, 2.05) is 36.7 Å². The summed E-state index contributed by atoms with van der Waals surface area (Å²) >= 11 is 0. The topological polar surface area (TPSA) is 145 Å². The molecule has 1 saturated heterocycles. The van der Waals surface area contributed by atoms with Crippen LogP contribution in [0.3, 0.4) is 0 Å². The molecule has 0 bridgehead atoms. The minimum absolute atomic E-state index is 0.118. The number of nitrogens with zero attached hydrogens (tertiary/aromatic N) is 4. The molecule has 5 aromatic rings. The van der Waals surface area contributed by atoms with Gasteiger partial charge in [-0.15, -0.1) is 6.58 Å². The first-order valence-corrected chi connectivity index (χ1v) is 12.8. The van der Waals surface area contributed by atoms with Crippen molar-refractivity contribution in [2.75, 3.05) is 13.1 Å². The predicted molar refractivity (Wildman–Crippen MR) is 140 cm³/mol. The largest absolute Gasteiger partial charge is 0.357 e. The number of aryl methyl sites for hydroxylation is 1. The second kappa shape index (κ2) is 8.54. The molecule has 1 atom stereocenters. The van der Waals surface area contributed by atoms with Crippen molar-refractivity contribution in [1.29, 1.82) is 4.78 Å². The standard InChI is InChI=1S/C25H24N8O2S/c1-2-3-10-33-12-18(15-4-7-28-21(15)24(33)34)19-11-20(25(36(26)35)13-27-14-25)32-23(31-19)17-6-9-30-22-16(17)5-8-29-22/h2,4-9,11-12,26-28,36H,1,3,10,13-14H2,(H,29,30). The Morgan fingerprint density at radius 1 is 1.14 bits per heavy atom. The lowest BCUT2D eigenvalue weighted by atomic mass is 9.95. The number of nitrogens with one attached hydrogen (secondary N) is 4. The fourth-order valence-electron chi connectivity index (χ4n) is 4.69. The van der Waals surface area contributed by atoms with Gasteiger partial charge in [0.25, 0.3) is 5.56 Å². The zero-order valence-corrected chi connectivity index (χ0v) is 20.2. The molecule has 6 heterocycles. The van der Waals surface area contributed by atoms with Gasteiger partial charge in [-0.05, 0) is 30.7 Å². The molecule has 4 N–H and O–H groups in total. The van der Waals surface area contributed by atoms with Gasteiger partial charge in [-0.25, -0.2) is 15.0 Å². The highest BCUT2D eigenvalue weighted by Gasteiger charge is 2.43. The van der Waals surface area contributed by atoms with Crippen LogP contribution in [0.2, 0.25) is 0 Å². The number of hydrogen-bond donors (Lipinski definition) is 5. The van der Waals surface area contributed by atoms with Gasteiger partial charge >= 0.3 is 0 Å². The highest BCUT2D eigenvalue weighted by Crippen LogP contribution is 2.35. The van der Waals surface area contributed by atoms with E-state index < -0.39 is 15.3 Å². The van der Waals surface area contributed by atoms with E-state index >= 15 is 0 Å². The Morgan fingerprint density at radius 3 is 2.69 bits per heavy atom. The number of H-pyrrole nitrogens is 2. The summed E-state index contributed by atoms with van der Waals surface area (Å²) in [5, 5.41) is 4.75. The van der Waals surface area contributed by atoms with Crippen molar-refractivity contribution < 1.29 is 4.21 Å². The van der Waals surface area contributed by atoms with Crippen LogP contribution >= 0.6 is 0 Å². The number of aromatic amines is 2. The molecule has 5 aromatic heterocycles. The lowest BCUT2D eigenvalue weighted by Gasteiger charge is -2.38. The van der Waals surface area contributed by atoms with Crippen molar-refractivity contribution in [3.63, 3.8) is 0 Å². The molecule has 1 aliphatic heterocycles. The molecule has 1 aliphatic rings. The molecule has 6 rings (SSSR count). The first-order valence-electron chi connectivity index (χ1n) is 11.5. The summed E-state index contributed by atoms with van der Waals surface area (Å²) in [5.41, 5.74) is 3.75. The lowest BCUT2D eigenvalue weighted by Crippen LogP contribution is -2.58. The predicted octanol–water partition coefficient (Wildman–Crippen LogP) is 2.95. The summed E-state index contributed by atoms with van der Waals surface area (Å²) in [5.74, 6) is 0.449. The number of fused-ring (bicyclic) bond motifs is 2. The Bertz CT molecular complexity index is 1770. The normalized spacial score (nSPS) is 15.7. The number of hydrogen-bond acceptors (Lipinski definition) is 7. The van der Waals surface area contributed by atoms with Gasteiger partial charge in [0.1, 0.15) is 15.9 Å². The van der Waals surface area contributed by atoms with E-state index in [9.17, 15) is 9.00 Å². The Morgan fingerprint density at radius 2 is 1.94 bits per heavy atom. The zero-order valence-electron chi connectivity index (χ0n) is 19.3. The fourth-order valence-corrected chi connectivity index (χ4v) is 5.52. The Kier molecular flexibility index (Phi) is 5.31. The molecule has 36 heavy (non-hydrogen) atoms. The van der Waals surface area contributed by atoms with Gasteiger partial charge in [-0.2, -0.15) is 0 Å². The van der Waals surface area contributed by atoms with Crippen LogP contribution in [-0.4, -0.2) is 46.8 Å². The summed E-state index contributed by atoms with van der Waals surface area (Å²) in [6.07, 6.45) is 9.46. The van der Waals surface area contributed by atoms with E-state index in [2.05, 4.69) is 26.8 Å². The van der Waals surface area contributed by atoms with E-state index in [0.717, 1.165) is 21.9 Å². The number of allylic oxidation sites excluding steroid dienone is 1. The van der Waals surface area contributed by atoms with Gasteiger partial charge in [0.2, 0.25) is 0 Å². The molecule has 0 radical (unpaired) electrons. The van der Waals surface area contributed by atoms with E-state index in [4.69, 9.17) is 14.7 Å². The molecule has 1 unspecified atom stereocenters. The second-order valence-electron chi connectivity index (χ2n) is 8.88. The number of aromatic nitrogens is 6. The third kappa shape index (κ3) is 3.39. The van der Waals surface area contributed by atoms with E-state index in [1.165, 1.54) is 0 Å². The molecule has 10 nitrogen and oxygen atoms in total. The Balaban J connectivity index is 1.65. The van der Waals surface area contributed by atoms with Crippen molar-refractivity contribution in [2.24, 2.45) is 0 Å². The molecule has 11 heteroatoms. The molecular formula is C25H24N8O2S. The molecule has 0 aromatic carbocycles. The monoisotopic (exact) mass is 500 g/mol. The maximum atomic E-state index is 13.0. The SMILES string of the molecule is C=CCCn1cc(-c2cc(C3([SH](=N)=O)CNC3)nc(-c3ccnc4[nH]ccc34)n2)c2cc[nH]c2c1=O. The molecular weight excluding hydrogens is 476 g/mol. The third-order valence-electron chi connectivity index (χ3n) is 6.77. The second-order valence-corrected chi connectivity index (χ2v) is 10.3. The summed E-state index contributed by atoms with van der Waals surface area (Å²) < 4.78 is 21.5. The first kappa shape index (κ1) is 22.4. The highest BCUT2D eigenvalue weighted by atomic mass is 32.2. The number of rotatable bonds is 7. The minimum Gasteiger partial charge on any atom is -0.357 e. The van der Waals surface area contributed by atoms with Crippen molar-refractivity contribution >= 4 is 32.5 Å². The van der Waals surface area contributed by atoms with Crippen LogP contribution in [0.5, 0.6) is 0 Å². The maximum absolute atomic E-state index is 13.0. The van der Waals surface area contributed by atoms with Crippen LogP contribution in [0.25, 0.3) is 44.6 Å². The van der Waals surface area contributed by atoms with E-state index in [1.54, 1.807) is 23.0 Å². The van der Waals surface area contributed by atoms with Crippen molar-refractivity contribution in [3.8, 4) is 22.6 Å². The molecule has 0 aliphatic carbocycles. The smallest absolute Gasteiger partial charge is 0.274 e. The molecule has 1 fully saturated rings. The van der Waals surface area contributed by atoms with Crippen LogP contribution < -0.4 is 10.9 Å². The van der Waals surface area contributed by atoms with Crippen molar-refractivity contribution in [2.45, 2.75) is 17.7 Å².